The smallest absolute Gasteiger partial charge is 0.224 e. The van der Waals surface area contributed by atoms with Crippen molar-refractivity contribution in [3.8, 4) is 0 Å². The van der Waals surface area contributed by atoms with E-state index in [4.69, 9.17) is 0 Å². The summed E-state index contributed by atoms with van der Waals surface area (Å²) in [5, 5.41) is 3.83. The number of hydrogen-bond donors (Lipinski definition) is 2. The monoisotopic (exact) mass is 300 g/mol. The number of fused-ring (bicyclic) bond motifs is 1. The van der Waals surface area contributed by atoms with Crippen molar-refractivity contribution in [1.29, 1.82) is 0 Å². The number of nitrogens with one attached hydrogen (secondary N) is 2. The van der Waals surface area contributed by atoms with E-state index < -0.39 is 0 Å². The van der Waals surface area contributed by atoms with Crippen LogP contribution in [0, 0.1) is 5.82 Å². The molecule has 2 N–H and O–H groups in total. The summed E-state index contributed by atoms with van der Waals surface area (Å²) >= 11 is 0. The quantitative estimate of drug-likeness (QED) is 0.759. The van der Waals surface area contributed by atoms with Gasteiger partial charge in [0.15, 0.2) is 0 Å². The highest BCUT2D eigenvalue weighted by atomic mass is 19.1. The lowest BCUT2D eigenvalue weighted by Crippen LogP contribution is -2.36. The maximum Gasteiger partial charge on any atom is 0.224 e. The Hall–Kier alpha value is -2.63. The summed E-state index contributed by atoms with van der Waals surface area (Å²) in [5.74, 6) is -0.350. The van der Waals surface area contributed by atoms with Gasteiger partial charge in [0.2, 0.25) is 5.91 Å². The van der Waals surface area contributed by atoms with E-state index in [1.165, 1.54) is 12.1 Å². The third kappa shape index (κ3) is 3.16. The number of H-pyrrole nitrogens is 1. The molecule has 2 aromatic heterocycles. The zero-order valence-electron chi connectivity index (χ0n) is 12.2. The Balaban J connectivity index is 1.63. The van der Waals surface area contributed by atoms with Crippen LogP contribution >= 0.6 is 0 Å². The molecule has 0 aliphatic rings. The number of aromatic amines is 1. The second-order valence-electron chi connectivity index (χ2n) is 5.41. The number of carbonyl (C=O) groups excluding carboxylic acids is 1. The highest BCUT2D eigenvalue weighted by Gasteiger charge is 2.12. The third-order valence-electron chi connectivity index (χ3n) is 3.53. The minimum absolute atomic E-state index is 0.00403. The van der Waals surface area contributed by atoms with Crippen LogP contribution in [-0.4, -0.2) is 26.5 Å². The molecule has 0 bridgehead atoms. The summed E-state index contributed by atoms with van der Waals surface area (Å²) in [7, 11) is 0. The molecule has 1 aromatic carbocycles. The van der Waals surface area contributed by atoms with Crippen molar-refractivity contribution in [3.63, 3.8) is 0 Å². The first-order valence-corrected chi connectivity index (χ1v) is 7.12. The van der Waals surface area contributed by atoms with Crippen molar-refractivity contribution in [3.05, 3.63) is 54.5 Å². The van der Waals surface area contributed by atoms with Crippen LogP contribution < -0.4 is 5.32 Å². The van der Waals surface area contributed by atoms with Crippen molar-refractivity contribution in [2.24, 2.45) is 0 Å². The molecule has 3 aromatic rings. The van der Waals surface area contributed by atoms with Crippen molar-refractivity contribution in [2.45, 2.75) is 25.9 Å². The summed E-state index contributed by atoms with van der Waals surface area (Å²) in [6.45, 7) is 2.62. The number of amides is 1. The molecular weight excluding hydrogens is 283 g/mol. The highest BCUT2D eigenvalue weighted by Crippen LogP contribution is 2.19. The van der Waals surface area contributed by atoms with Crippen molar-refractivity contribution in [1.82, 2.24) is 19.9 Å². The molecule has 0 fully saturated rings. The normalized spacial score (nSPS) is 12.5. The van der Waals surface area contributed by atoms with Crippen molar-refractivity contribution in [2.75, 3.05) is 0 Å². The maximum absolute atomic E-state index is 13.2. The maximum atomic E-state index is 13.2. The molecule has 0 saturated carbocycles. The van der Waals surface area contributed by atoms with Gasteiger partial charge in [-0.2, -0.15) is 0 Å². The van der Waals surface area contributed by atoms with E-state index in [0.29, 0.717) is 12.1 Å². The molecule has 0 radical (unpaired) electrons. The largest absolute Gasteiger partial charge is 0.361 e. The molecule has 6 heteroatoms. The van der Waals surface area contributed by atoms with Crippen LogP contribution in [0.5, 0.6) is 0 Å². The van der Waals surface area contributed by atoms with Crippen LogP contribution in [0.15, 0.2) is 43.1 Å². The predicted octanol–water partition coefficient (Wildman–Crippen LogP) is 2.25. The SMILES string of the molecule is CC(Cn1ccnc1)NC(=O)Cc1c[nH]c2cc(F)ccc12. The van der Waals surface area contributed by atoms with E-state index >= 15 is 0 Å². The molecule has 1 unspecified atom stereocenters. The molecule has 22 heavy (non-hydrogen) atoms. The van der Waals surface area contributed by atoms with E-state index in [0.717, 1.165) is 10.9 Å². The summed E-state index contributed by atoms with van der Waals surface area (Å²) in [6.07, 6.45) is 7.30. The molecule has 2 heterocycles. The minimum atomic E-state index is -0.292. The molecule has 1 atom stereocenters. The zero-order valence-corrected chi connectivity index (χ0v) is 12.2. The number of rotatable bonds is 5. The lowest BCUT2D eigenvalue weighted by molar-refractivity contribution is -0.121. The first-order chi connectivity index (χ1) is 10.6. The van der Waals surface area contributed by atoms with Crippen LogP contribution in [0.4, 0.5) is 4.39 Å². The molecule has 1 amide bonds. The van der Waals surface area contributed by atoms with Crippen LogP contribution in [-0.2, 0) is 17.8 Å². The Morgan fingerprint density at radius 1 is 1.50 bits per heavy atom. The first kappa shape index (κ1) is 14.3. The number of nitrogens with zero attached hydrogens (tertiary/aromatic N) is 2. The van der Waals surface area contributed by atoms with Crippen LogP contribution in [0.2, 0.25) is 0 Å². The van der Waals surface area contributed by atoms with Crippen molar-refractivity contribution < 1.29 is 9.18 Å². The number of benzene rings is 1. The topological polar surface area (TPSA) is 62.7 Å². The molecule has 0 aliphatic carbocycles. The fraction of sp³-hybridized carbons (Fsp3) is 0.250. The lowest BCUT2D eigenvalue weighted by atomic mass is 10.1. The van der Waals surface area contributed by atoms with Crippen molar-refractivity contribution >= 4 is 16.8 Å². The van der Waals surface area contributed by atoms with Gasteiger partial charge in [-0.3, -0.25) is 4.79 Å². The molecule has 114 valence electrons. The number of hydrogen-bond acceptors (Lipinski definition) is 2. The van der Waals surface area contributed by atoms with Gasteiger partial charge in [0.05, 0.1) is 12.7 Å². The van der Waals surface area contributed by atoms with E-state index in [2.05, 4.69) is 15.3 Å². The number of halogens is 1. The molecular formula is C16H17FN4O. The van der Waals surface area contributed by atoms with Gasteiger partial charge in [-0.25, -0.2) is 9.37 Å². The van der Waals surface area contributed by atoms with Gasteiger partial charge in [-0.1, -0.05) is 0 Å². The Morgan fingerprint density at radius 3 is 3.14 bits per heavy atom. The number of carbonyl (C=O) groups is 1. The first-order valence-electron chi connectivity index (χ1n) is 7.12. The average molecular weight is 300 g/mol. The Bertz CT molecular complexity index is 779. The summed E-state index contributed by atoms with van der Waals surface area (Å²) in [5.41, 5.74) is 1.57. The van der Waals surface area contributed by atoms with Gasteiger partial charge in [0.25, 0.3) is 0 Å². The van der Waals surface area contributed by atoms with Crippen LogP contribution in [0.3, 0.4) is 0 Å². The fourth-order valence-corrected chi connectivity index (χ4v) is 2.56. The minimum Gasteiger partial charge on any atom is -0.361 e. The predicted molar refractivity (Wildman–Crippen MR) is 81.8 cm³/mol. The molecule has 5 nitrogen and oxygen atoms in total. The second-order valence-corrected chi connectivity index (χ2v) is 5.41. The summed E-state index contributed by atoms with van der Waals surface area (Å²) in [4.78, 5) is 19.1. The van der Waals surface area contributed by atoms with Crippen LogP contribution in [0.25, 0.3) is 10.9 Å². The van der Waals surface area contributed by atoms with Gasteiger partial charge in [-0.05, 0) is 30.7 Å². The standard InChI is InChI=1S/C16H17FN4O/c1-11(9-21-5-4-18-10-21)20-16(22)6-12-8-19-15-7-13(17)2-3-14(12)15/h2-5,7-8,10-11,19H,6,9H2,1H3,(H,20,22). The Labute approximate surface area is 127 Å². The van der Waals surface area contributed by atoms with Gasteiger partial charge in [0, 0.05) is 42.1 Å². The van der Waals surface area contributed by atoms with Gasteiger partial charge in [0.1, 0.15) is 5.82 Å². The Kier molecular flexibility index (Phi) is 3.91. The van der Waals surface area contributed by atoms with Gasteiger partial charge < -0.3 is 14.9 Å². The number of aromatic nitrogens is 3. The number of imidazole rings is 1. The van der Waals surface area contributed by atoms with Gasteiger partial charge >= 0.3 is 0 Å². The molecule has 0 aliphatic heterocycles. The summed E-state index contributed by atoms with van der Waals surface area (Å²) < 4.78 is 15.1. The second kappa shape index (κ2) is 6.01. The van der Waals surface area contributed by atoms with Gasteiger partial charge in [-0.15, -0.1) is 0 Å². The van der Waals surface area contributed by atoms with E-state index in [-0.39, 0.29) is 24.2 Å². The Morgan fingerprint density at radius 2 is 2.36 bits per heavy atom. The molecule has 0 saturated heterocycles. The van der Waals surface area contributed by atoms with Crippen LogP contribution in [0.1, 0.15) is 12.5 Å². The molecule has 0 spiro atoms. The zero-order chi connectivity index (χ0) is 15.5. The third-order valence-corrected chi connectivity index (χ3v) is 3.53. The van der Waals surface area contributed by atoms with E-state index in [1.807, 2.05) is 17.7 Å². The van der Waals surface area contributed by atoms with E-state index in [9.17, 15) is 9.18 Å². The highest BCUT2D eigenvalue weighted by molar-refractivity contribution is 5.88. The fourth-order valence-electron chi connectivity index (χ4n) is 2.56. The average Bonchev–Trinajstić information content (AvgIpc) is 3.08. The molecule has 3 rings (SSSR count). The lowest BCUT2D eigenvalue weighted by Gasteiger charge is -2.14. The van der Waals surface area contributed by atoms with E-state index in [1.54, 1.807) is 24.8 Å². The summed E-state index contributed by atoms with van der Waals surface area (Å²) in [6, 6.07) is 4.53.